The molecule has 1 saturated carbocycles. The Hall–Kier alpha value is -4.04. The summed E-state index contributed by atoms with van der Waals surface area (Å²) in [5, 5.41) is 13.7. The standard InChI is InChI=1S/C25H21FN6O/c26-20-18(8-6-14-7-9-19(30-21(14)20)29-16-4-2-1-3-5-16)23-24-22(15-12-17(33)13-15)28-10-11-32(24)25(27)31-23/h1-11,15,17,33H,12-13H2,(H2,27,31)(H,29,30). The van der Waals surface area contributed by atoms with Gasteiger partial charge in [0.1, 0.15) is 17.0 Å². The lowest BCUT2D eigenvalue weighted by Gasteiger charge is -2.31. The molecule has 33 heavy (non-hydrogen) atoms. The van der Waals surface area contributed by atoms with Crippen LogP contribution in [0.15, 0.2) is 67.0 Å². The number of para-hydroxylation sites is 1. The Morgan fingerprint density at radius 2 is 1.82 bits per heavy atom. The lowest BCUT2D eigenvalue weighted by atomic mass is 9.79. The van der Waals surface area contributed by atoms with Gasteiger partial charge in [-0.3, -0.25) is 9.38 Å². The summed E-state index contributed by atoms with van der Waals surface area (Å²) in [6.45, 7) is 0. The van der Waals surface area contributed by atoms with Crippen molar-refractivity contribution in [1.82, 2.24) is 19.4 Å². The van der Waals surface area contributed by atoms with Gasteiger partial charge < -0.3 is 16.2 Å². The Balaban J connectivity index is 1.49. The Labute approximate surface area is 188 Å². The molecular formula is C25H21FN6O. The van der Waals surface area contributed by atoms with E-state index in [-0.39, 0.29) is 23.5 Å². The van der Waals surface area contributed by atoms with E-state index in [1.165, 1.54) is 0 Å². The van der Waals surface area contributed by atoms with Gasteiger partial charge in [-0.1, -0.05) is 24.3 Å². The predicted octanol–water partition coefficient (Wildman–Crippen LogP) is 4.65. The lowest BCUT2D eigenvalue weighted by Crippen LogP contribution is -2.27. The summed E-state index contributed by atoms with van der Waals surface area (Å²) in [5.41, 5.74) is 9.47. The number of halogens is 1. The number of aliphatic hydroxyl groups is 1. The third kappa shape index (κ3) is 3.27. The van der Waals surface area contributed by atoms with Crippen molar-refractivity contribution in [2.45, 2.75) is 24.9 Å². The van der Waals surface area contributed by atoms with Gasteiger partial charge in [-0.05, 0) is 43.2 Å². The maximum atomic E-state index is 15.9. The van der Waals surface area contributed by atoms with E-state index in [2.05, 4.69) is 20.3 Å². The number of nitrogens with zero attached hydrogens (tertiary/aromatic N) is 4. The summed E-state index contributed by atoms with van der Waals surface area (Å²) in [6, 6.07) is 16.8. The lowest BCUT2D eigenvalue weighted by molar-refractivity contribution is 0.0736. The summed E-state index contributed by atoms with van der Waals surface area (Å²) in [6.07, 6.45) is 4.28. The molecule has 0 bridgehead atoms. The molecule has 4 N–H and O–H groups in total. The van der Waals surface area contributed by atoms with Gasteiger partial charge in [-0.15, -0.1) is 0 Å². The fourth-order valence-corrected chi connectivity index (χ4v) is 4.46. The van der Waals surface area contributed by atoms with Gasteiger partial charge in [-0.2, -0.15) is 0 Å². The number of nitrogen functional groups attached to an aromatic ring is 1. The van der Waals surface area contributed by atoms with Crippen molar-refractivity contribution in [2.24, 2.45) is 0 Å². The molecule has 0 spiro atoms. The number of aliphatic hydroxyl groups excluding tert-OH is 1. The summed E-state index contributed by atoms with van der Waals surface area (Å²) >= 11 is 0. The van der Waals surface area contributed by atoms with Crippen molar-refractivity contribution in [3.05, 3.63) is 78.5 Å². The van der Waals surface area contributed by atoms with E-state index in [1.807, 2.05) is 48.5 Å². The van der Waals surface area contributed by atoms with Crippen molar-refractivity contribution in [2.75, 3.05) is 11.1 Å². The van der Waals surface area contributed by atoms with E-state index >= 15 is 4.39 Å². The third-order valence-corrected chi connectivity index (χ3v) is 6.21. The molecule has 7 nitrogen and oxygen atoms in total. The topological polar surface area (TPSA) is 101 Å². The molecule has 8 heteroatoms. The van der Waals surface area contributed by atoms with Crippen molar-refractivity contribution in [3.8, 4) is 11.3 Å². The Bertz CT molecular complexity index is 1490. The molecule has 0 amide bonds. The Morgan fingerprint density at radius 3 is 2.61 bits per heavy atom. The van der Waals surface area contributed by atoms with Crippen molar-refractivity contribution in [3.63, 3.8) is 0 Å². The third-order valence-electron chi connectivity index (χ3n) is 6.21. The molecule has 2 aromatic carbocycles. The number of hydrogen-bond donors (Lipinski definition) is 3. The van der Waals surface area contributed by atoms with E-state index in [9.17, 15) is 5.11 Å². The second-order valence-corrected chi connectivity index (χ2v) is 8.36. The van der Waals surface area contributed by atoms with Crippen molar-refractivity contribution in [1.29, 1.82) is 0 Å². The molecule has 0 radical (unpaired) electrons. The molecule has 1 aliphatic rings. The van der Waals surface area contributed by atoms with E-state index in [0.717, 1.165) is 11.4 Å². The minimum atomic E-state index is -0.465. The van der Waals surface area contributed by atoms with E-state index < -0.39 is 5.82 Å². The quantitative estimate of drug-likeness (QED) is 0.376. The second kappa shape index (κ2) is 7.53. The summed E-state index contributed by atoms with van der Waals surface area (Å²) < 4.78 is 17.6. The normalized spacial score (nSPS) is 17.9. The average molecular weight is 440 g/mol. The van der Waals surface area contributed by atoms with Gasteiger partial charge in [0.2, 0.25) is 5.95 Å². The van der Waals surface area contributed by atoms with Gasteiger partial charge in [0.15, 0.2) is 5.82 Å². The molecule has 0 saturated heterocycles. The SMILES string of the molecule is Nc1nc(-c2ccc3ccc(Nc4ccccc4)nc3c2F)c2c(C3CC(O)C3)nccn12. The van der Waals surface area contributed by atoms with Crippen LogP contribution in [-0.2, 0) is 0 Å². The maximum Gasteiger partial charge on any atom is 0.205 e. The molecule has 3 heterocycles. The van der Waals surface area contributed by atoms with Crippen molar-refractivity contribution < 1.29 is 9.50 Å². The number of aromatic nitrogens is 4. The molecule has 3 aromatic heterocycles. The monoisotopic (exact) mass is 440 g/mol. The first-order valence-electron chi connectivity index (χ1n) is 10.8. The number of imidazole rings is 1. The number of anilines is 3. The highest BCUT2D eigenvalue weighted by molar-refractivity contribution is 5.90. The highest BCUT2D eigenvalue weighted by atomic mass is 19.1. The van der Waals surface area contributed by atoms with Gasteiger partial charge in [0.05, 0.1) is 17.3 Å². The Morgan fingerprint density at radius 1 is 1.03 bits per heavy atom. The zero-order chi connectivity index (χ0) is 22.5. The zero-order valence-electron chi connectivity index (χ0n) is 17.6. The summed E-state index contributed by atoms with van der Waals surface area (Å²) in [7, 11) is 0. The molecule has 0 unspecified atom stereocenters. The molecule has 5 aromatic rings. The van der Waals surface area contributed by atoms with Crippen LogP contribution in [0.5, 0.6) is 0 Å². The summed E-state index contributed by atoms with van der Waals surface area (Å²) in [5.74, 6) is 0.426. The smallest absolute Gasteiger partial charge is 0.205 e. The second-order valence-electron chi connectivity index (χ2n) is 8.36. The van der Waals surface area contributed by atoms with Crippen LogP contribution in [0.25, 0.3) is 27.7 Å². The number of nitrogens with one attached hydrogen (secondary N) is 1. The number of pyridine rings is 1. The first-order chi connectivity index (χ1) is 16.1. The molecule has 164 valence electrons. The minimum absolute atomic E-state index is 0.0851. The summed E-state index contributed by atoms with van der Waals surface area (Å²) in [4.78, 5) is 13.6. The molecular weight excluding hydrogens is 419 g/mol. The van der Waals surface area contributed by atoms with Crippen molar-refractivity contribution >= 4 is 33.9 Å². The van der Waals surface area contributed by atoms with Crippen LogP contribution in [-0.4, -0.2) is 30.6 Å². The first kappa shape index (κ1) is 19.6. The van der Waals surface area contributed by atoms with Gasteiger partial charge in [-0.25, -0.2) is 14.4 Å². The van der Waals surface area contributed by atoms with E-state index in [1.54, 1.807) is 22.9 Å². The molecule has 0 aliphatic heterocycles. The van der Waals surface area contributed by atoms with Gasteiger partial charge in [0.25, 0.3) is 0 Å². The minimum Gasteiger partial charge on any atom is -0.393 e. The average Bonchev–Trinajstić information content (AvgIpc) is 3.15. The Kier molecular flexibility index (Phi) is 4.48. The van der Waals surface area contributed by atoms with Crippen LogP contribution in [0.3, 0.4) is 0 Å². The highest BCUT2D eigenvalue weighted by Gasteiger charge is 2.33. The maximum absolute atomic E-state index is 15.9. The van der Waals surface area contributed by atoms with Crippen LogP contribution in [0.2, 0.25) is 0 Å². The predicted molar refractivity (Wildman–Crippen MR) is 126 cm³/mol. The molecule has 1 fully saturated rings. The number of rotatable bonds is 4. The van der Waals surface area contributed by atoms with Crippen LogP contribution in [0.1, 0.15) is 24.5 Å². The number of benzene rings is 2. The van der Waals surface area contributed by atoms with E-state index in [4.69, 9.17) is 5.73 Å². The van der Waals surface area contributed by atoms with Crippen LogP contribution in [0.4, 0.5) is 21.8 Å². The van der Waals surface area contributed by atoms with Crippen LogP contribution < -0.4 is 11.1 Å². The fourth-order valence-electron chi connectivity index (χ4n) is 4.46. The zero-order valence-corrected chi connectivity index (χ0v) is 17.6. The largest absolute Gasteiger partial charge is 0.393 e. The number of hydrogen-bond acceptors (Lipinski definition) is 6. The fraction of sp³-hybridized carbons (Fsp3) is 0.160. The molecule has 1 aliphatic carbocycles. The van der Waals surface area contributed by atoms with Crippen LogP contribution >= 0.6 is 0 Å². The molecule has 6 rings (SSSR count). The molecule has 0 atom stereocenters. The van der Waals surface area contributed by atoms with Crippen LogP contribution in [0, 0.1) is 5.82 Å². The van der Waals surface area contributed by atoms with Gasteiger partial charge >= 0.3 is 0 Å². The highest BCUT2D eigenvalue weighted by Crippen LogP contribution is 2.41. The first-order valence-corrected chi connectivity index (χ1v) is 10.8. The number of nitrogens with two attached hydrogens (primary N) is 1. The van der Waals surface area contributed by atoms with E-state index in [0.29, 0.717) is 40.8 Å². The van der Waals surface area contributed by atoms with Gasteiger partial charge in [0, 0.05) is 34.9 Å². The number of fused-ring (bicyclic) bond motifs is 2.